The first-order valence-corrected chi connectivity index (χ1v) is 6.80. The van der Waals surface area contributed by atoms with Crippen LogP contribution in [-0.4, -0.2) is 36.0 Å². The number of nitrogens with zero attached hydrogens (tertiary/aromatic N) is 1. The van der Waals surface area contributed by atoms with E-state index >= 15 is 0 Å². The fourth-order valence-electron chi connectivity index (χ4n) is 2.90. The zero-order chi connectivity index (χ0) is 11.4. The van der Waals surface area contributed by atoms with Crippen molar-refractivity contribution < 1.29 is 4.79 Å². The molecular formula is C13H25ClN2O. The SMILES string of the molecule is CC1CCCCCN1C(=O)CC1CCCN1.Cl. The van der Waals surface area contributed by atoms with E-state index in [0.717, 1.165) is 13.1 Å². The molecule has 2 atom stereocenters. The second-order valence-electron chi connectivity index (χ2n) is 5.28. The molecule has 1 N–H and O–H groups in total. The van der Waals surface area contributed by atoms with Gasteiger partial charge in [-0.25, -0.2) is 0 Å². The molecule has 2 heterocycles. The quantitative estimate of drug-likeness (QED) is 0.827. The maximum absolute atomic E-state index is 12.2. The maximum atomic E-state index is 12.2. The molecule has 3 nitrogen and oxygen atoms in total. The van der Waals surface area contributed by atoms with E-state index < -0.39 is 0 Å². The Kier molecular flexibility index (Phi) is 6.28. The Balaban J connectivity index is 0.00000144. The van der Waals surface area contributed by atoms with E-state index in [1.807, 2.05) is 0 Å². The Bertz CT molecular complexity index is 242. The van der Waals surface area contributed by atoms with Crippen LogP contribution in [0.15, 0.2) is 0 Å². The van der Waals surface area contributed by atoms with Crippen molar-refractivity contribution in [2.45, 2.75) is 64.0 Å². The summed E-state index contributed by atoms with van der Waals surface area (Å²) in [6.07, 6.45) is 8.06. The summed E-state index contributed by atoms with van der Waals surface area (Å²) in [7, 11) is 0. The molecule has 100 valence electrons. The van der Waals surface area contributed by atoms with E-state index in [9.17, 15) is 4.79 Å². The monoisotopic (exact) mass is 260 g/mol. The average Bonchev–Trinajstić information content (AvgIpc) is 2.66. The zero-order valence-corrected chi connectivity index (χ0v) is 11.6. The minimum absolute atomic E-state index is 0. The van der Waals surface area contributed by atoms with E-state index in [1.165, 1.54) is 38.5 Å². The van der Waals surface area contributed by atoms with E-state index in [-0.39, 0.29) is 12.4 Å². The second-order valence-corrected chi connectivity index (χ2v) is 5.28. The molecule has 1 amide bonds. The van der Waals surface area contributed by atoms with Crippen LogP contribution < -0.4 is 5.32 Å². The highest BCUT2D eigenvalue weighted by Crippen LogP contribution is 2.19. The normalized spacial score (nSPS) is 29.6. The van der Waals surface area contributed by atoms with Crippen molar-refractivity contribution >= 4 is 18.3 Å². The van der Waals surface area contributed by atoms with Crippen LogP contribution in [-0.2, 0) is 4.79 Å². The summed E-state index contributed by atoms with van der Waals surface area (Å²) in [5.41, 5.74) is 0. The first kappa shape index (κ1) is 14.8. The lowest BCUT2D eigenvalue weighted by atomic mass is 10.1. The lowest BCUT2D eigenvalue weighted by Crippen LogP contribution is -2.41. The smallest absolute Gasteiger partial charge is 0.224 e. The van der Waals surface area contributed by atoms with Crippen molar-refractivity contribution in [3.05, 3.63) is 0 Å². The van der Waals surface area contributed by atoms with Gasteiger partial charge in [-0.1, -0.05) is 12.8 Å². The molecule has 4 heteroatoms. The maximum Gasteiger partial charge on any atom is 0.224 e. The molecule has 0 radical (unpaired) electrons. The minimum atomic E-state index is 0. The van der Waals surface area contributed by atoms with E-state index in [0.29, 0.717) is 24.4 Å². The Morgan fingerprint density at radius 1 is 1.24 bits per heavy atom. The van der Waals surface area contributed by atoms with Crippen LogP contribution in [0, 0.1) is 0 Å². The third kappa shape index (κ3) is 4.14. The van der Waals surface area contributed by atoms with Gasteiger partial charge in [-0.3, -0.25) is 4.79 Å². The van der Waals surface area contributed by atoms with Crippen LogP contribution in [0.25, 0.3) is 0 Å². The third-order valence-corrected chi connectivity index (χ3v) is 3.96. The van der Waals surface area contributed by atoms with Crippen LogP contribution in [0.2, 0.25) is 0 Å². The van der Waals surface area contributed by atoms with Gasteiger partial charge in [0.2, 0.25) is 5.91 Å². The van der Waals surface area contributed by atoms with Crippen molar-refractivity contribution in [1.29, 1.82) is 0 Å². The first-order valence-electron chi connectivity index (χ1n) is 6.80. The summed E-state index contributed by atoms with van der Waals surface area (Å²) in [5.74, 6) is 0.369. The molecule has 2 rings (SSSR count). The summed E-state index contributed by atoms with van der Waals surface area (Å²) < 4.78 is 0. The fraction of sp³-hybridized carbons (Fsp3) is 0.923. The fourth-order valence-corrected chi connectivity index (χ4v) is 2.90. The average molecular weight is 261 g/mol. The lowest BCUT2D eigenvalue weighted by Gasteiger charge is -2.28. The standard InChI is InChI=1S/C13H24N2O.ClH/c1-11-6-3-2-4-9-15(11)13(16)10-12-7-5-8-14-12;/h11-12,14H,2-10H2,1H3;1H. The third-order valence-electron chi connectivity index (χ3n) is 3.96. The number of likely N-dealkylation sites (tertiary alicyclic amines) is 1. The molecule has 2 aliphatic rings. The van der Waals surface area contributed by atoms with Crippen LogP contribution >= 0.6 is 12.4 Å². The van der Waals surface area contributed by atoms with E-state index in [4.69, 9.17) is 0 Å². The van der Waals surface area contributed by atoms with Gasteiger partial charge in [0.05, 0.1) is 0 Å². The van der Waals surface area contributed by atoms with Crippen molar-refractivity contribution in [1.82, 2.24) is 10.2 Å². The van der Waals surface area contributed by atoms with Crippen molar-refractivity contribution in [2.75, 3.05) is 13.1 Å². The Morgan fingerprint density at radius 3 is 2.76 bits per heavy atom. The predicted octanol–water partition coefficient (Wildman–Crippen LogP) is 2.34. The van der Waals surface area contributed by atoms with Crippen LogP contribution in [0.1, 0.15) is 51.9 Å². The van der Waals surface area contributed by atoms with Crippen molar-refractivity contribution in [3.8, 4) is 0 Å². The number of hydrogen-bond donors (Lipinski definition) is 1. The molecule has 2 saturated heterocycles. The van der Waals surface area contributed by atoms with E-state index in [1.54, 1.807) is 0 Å². The largest absolute Gasteiger partial charge is 0.340 e. The Morgan fingerprint density at radius 2 is 2.06 bits per heavy atom. The van der Waals surface area contributed by atoms with Gasteiger partial charge in [-0.05, 0) is 39.2 Å². The van der Waals surface area contributed by atoms with Crippen LogP contribution in [0.3, 0.4) is 0 Å². The topological polar surface area (TPSA) is 32.3 Å². The summed E-state index contributed by atoms with van der Waals surface area (Å²) in [6, 6.07) is 0.902. The van der Waals surface area contributed by atoms with Crippen LogP contribution in [0.4, 0.5) is 0 Å². The van der Waals surface area contributed by atoms with Crippen LogP contribution in [0.5, 0.6) is 0 Å². The van der Waals surface area contributed by atoms with E-state index in [2.05, 4.69) is 17.1 Å². The number of amides is 1. The van der Waals surface area contributed by atoms with Gasteiger partial charge in [0, 0.05) is 25.0 Å². The number of hydrogen-bond acceptors (Lipinski definition) is 2. The molecule has 2 aliphatic heterocycles. The number of halogens is 1. The lowest BCUT2D eigenvalue weighted by molar-refractivity contribution is -0.133. The Hall–Kier alpha value is -0.280. The summed E-state index contributed by atoms with van der Waals surface area (Å²) in [4.78, 5) is 14.3. The number of rotatable bonds is 2. The molecule has 0 aromatic rings. The highest BCUT2D eigenvalue weighted by atomic mass is 35.5. The van der Waals surface area contributed by atoms with Gasteiger partial charge >= 0.3 is 0 Å². The molecular weight excluding hydrogens is 236 g/mol. The summed E-state index contributed by atoms with van der Waals surface area (Å²) in [6.45, 7) is 4.27. The predicted molar refractivity (Wildman–Crippen MR) is 72.5 cm³/mol. The summed E-state index contributed by atoms with van der Waals surface area (Å²) >= 11 is 0. The van der Waals surface area contributed by atoms with Gasteiger partial charge in [0.15, 0.2) is 0 Å². The van der Waals surface area contributed by atoms with Crippen molar-refractivity contribution in [3.63, 3.8) is 0 Å². The minimum Gasteiger partial charge on any atom is -0.340 e. The van der Waals surface area contributed by atoms with Crippen molar-refractivity contribution in [2.24, 2.45) is 0 Å². The van der Waals surface area contributed by atoms with Gasteiger partial charge in [-0.15, -0.1) is 12.4 Å². The molecule has 0 aromatic carbocycles. The molecule has 0 aliphatic carbocycles. The number of carbonyl (C=O) groups excluding carboxylic acids is 1. The van der Waals surface area contributed by atoms with Gasteiger partial charge in [0.1, 0.15) is 0 Å². The zero-order valence-electron chi connectivity index (χ0n) is 10.8. The molecule has 0 aromatic heterocycles. The first-order chi connectivity index (χ1) is 7.77. The highest BCUT2D eigenvalue weighted by molar-refractivity contribution is 5.85. The highest BCUT2D eigenvalue weighted by Gasteiger charge is 2.25. The molecule has 0 saturated carbocycles. The van der Waals surface area contributed by atoms with Gasteiger partial charge in [-0.2, -0.15) is 0 Å². The number of carbonyl (C=O) groups is 1. The van der Waals surface area contributed by atoms with Gasteiger partial charge in [0.25, 0.3) is 0 Å². The summed E-state index contributed by atoms with van der Waals surface area (Å²) in [5, 5.41) is 3.41. The molecule has 17 heavy (non-hydrogen) atoms. The molecule has 2 fully saturated rings. The molecule has 2 unspecified atom stereocenters. The number of nitrogens with one attached hydrogen (secondary N) is 1. The molecule has 0 spiro atoms. The second kappa shape index (κ2) is 7.22. The Labute approximate surface area is 111 Å². The molecule has 0 bridgehead atoms. The van der Waals surface area contributed by atoms with Gasteiger partial charge < -0.3 is 10.2 Å².